The van der Waals surface area contributed by atoms with Crippen LogP contribution in [0.4, 0.5) is 5.69 Å². The Labute approximate surface area is 157 Å². The first kappa shape index (κ1) is 16.1. The van der Waals surface area contributed by atoms with E-state index in [1.165, 1.54) is 16.8 Å². The molecule has 2 aromatic carbocycles. The molecule has 2 amide bonds. The molecule has 0 atom stereocenters. The van der Waals surface area contributed by atoms with Gasteiger partial charge in [-0.2, -0.15) is 0 Å². The van der Waals surface area contributed by atoms with Gasteiger partial charge in [-0.05, 0) is 65.8 Å². The van der Waals surface area contributed by atoms with Crippen molar-refractivity contribution in [2.24, 2.45) is 0 Å². The molecule has 0 fully saturated rings. The summed E-state index contributed by atoms with van der Waals surface area (Å²) >= 11 is 0. The van der Waals surface area contributed by atoms with Gasteiger partial charge in [-0.15, -0.1) is 0 Å². The van der Waals surface area contributed by atoms with Crippen LogP contribution in [0, 0.1) is 0 Å². The van der Waals surface area contributed by atoms with E-state index in [2.05, 4.69) is 22.3 Å². The van der Waals surface area contributed by atoms with E-state index in [1.54, 1.807) is 13.2 Å². The van der Waals surface area contributed by atoms with Gasteiger partial charge >= 0.3 is 0 Å². The third kappa shape index (κ3) is 2.46. The molecule has 0 saturated carbocycles. The van der Waals surface area contributed by atoms with Crippen molar-refractivity contribution in [1.29, 1.82) is 0 Å². The predicted molar refractivity (Wildman–Crippen MR) is 104 cm³/mol. The lowest BCUT2D eigenvalue weighted by Gasteiger charge is -2.27. The van der Waals surface area contributed by atoms with Gasteiger partial charge in [0.25, 0.3) is 11.8 Å². The van der Waals surface area contributed by atoms with Gasteiger partial charge in [-0.25, -0.2) is 0 Å². The number of aryl methyl sites for hydroxylation is 1. The summed E-state index contributed by atoms with van der Waals surface area (Å²) in [6.07, 6.45) is 3.14. The summed E-state index contributed by atoms with van der Waals surface area (Å²) in [5, 5.41) is 2.48. The molecule has 3 aliphatic heterocycles. The van der Waals surface area contributed by atoms with Crippen molar-refractivity contribution in [1.82, 2.24) is 5.32 Å². The van der Waals surface area contributed by atoms with Crippen LogP contribution in [0.5, 0.6) is 5.75 Å². The molecule has 0 bridgehead atoms. The number of carbonyl (C=O) groups excluding carboxylic acids is 2. The summed E-state index contributed by atoms with van der Waals surface area (Å²) in [5.74, 6) is -0.0131. The number of imide groups is 1. The molecule has 0 spiro atoms. The Bertz CT molecular complexity index is 1020. The van der Waals surface area contributed by atoms with Crippen LogP contribution in [0.15, 0.2) is 36.4 Å². The van der Waals surface area contributed by atoms with Crippen molar-refractivity contribution in [3.05, 3.63) is 58.7 Å². The number of carbonyl (C=O) groups is 2. The summed E-state index contributed by atoms with van der Waals surface area (Å²) in [7, 11) is 1.59. The minimum atomic E-state index is -0.348. The van der Waals surface area contributed by atoms with Gasteiger partial charge in [0.1, 0.15) is 5.75 Å². The normalized spacial score (nSPS) is 18.0. The maximum Gasteiger partial charge on any atom is 0.259 e. The largest absolute Gasteiger partial charge is 0.497 e. The highest BCUT2D eigenvalue weighted by molar-refractivity contribution is 6.49. The summed E-state index contributed by atoms with van der Waals surface area (Å²) in [6.45, 7) is 2.15. The standard InChI is InChI=1S/C22H20N2O3/c1-27-17-6-2-4-13(12-17)18-19(22(26)23-21(18)25)16-10-14-5-3-8-24-9-7-15(11-16)20(14)24/h2,4,6,10-12H,3,5,7-9H2,1H3,(H,23,25,26). The van der Waals surface area contributed by atoms with Gasteiger partial charge in [0, 0.05) is 18.8 Å². The van der Waals surface area contributed by atoms with Crippen LogP contribution < -0.4 is 15.0 Å². The van der Waals surface area contributed by atoms with Crippen molar-refractivity contribution in [2.45, 2.75) is 19.3 Å². The number of hydrogen-bond donors (Lipinski definition) is 1. The van der Waals surface area contributed by atoms with Crippen LogP contribution in [0.2, 0.25) is 0 Å². The minimum absolute atomic E-state index is 0.323. The molecule has 3 heterocycles. The molecule has 5 nitrogen and oxygen atoms in total. The number of benzene rings is 2. The smallest absolute Gasteiger partial charge is 0.259 e. The van der Waals surface area contributed by atoms with Crippen LogP contribution in [-0.2, 0) is 22.4 Å². The van der Waals surface area contributed by atoms with Crippen molar-refractivity contribution >= 4 is 28.6 Å². The third-order valence-corrected chi connectivity index (χ3v) is 5.69. The van der Waals surface area contributed by atoms with E-state index < -0.39 is 0 Å². The Balaban J connectivity index is 1.71. The Kier molecular flexibility index (Phi) is 3.57. The topological polar surface area (TPSA) is 58.6 Å². The molecule has 136 valence electrons. The summed E-state index contributed by atoms with van der Waals surface area (Å²) in [6, 6.07) is 11.5. The zero-order chi connectivity index (χ0) is 18.5. The number of nitrogens with one attached hydrogen (secondary N) is 1. The summed E-state index contributed by atoms with van der Waals surface area (Å²) < 4.78 is 5.29. The fraction of sp³-hybridized carbons (Fsp3) is 0.273. The van der Waals surface area contributed by atoms with Crippen LogP contribution in [0.3, 0.4) is 0 Å². The zero-order valence-corrected chi connectivity index (χ0v) is 15.2. The number of ether oxygens (including phenoxy) is 1. The number of hydrogen-bond acceptors (Lipinski definition) is 4. The van der Waals surface area contributed by atoms with Crippen molar-refractivity contribution < 1.29 is 14.3 Å². The molecule has 1 N–H and O–H groups in total. The zero-order valence-electron chi connectivity index (χ0n) is 15.2. The number of amides is 2. The molecule has 27 heavy (non-hydrogen) atoms. The van der Waals surface area contributed by atoms with Gasteiger partial charge < -0.3 is 9.64 Å². The average molecular weight is 360 g/mol. The molecular formula is C22H20N2O3. The van der Waals surface area contributed by atoms with Crippen molar-refractivity contribution in [3.63, 3.8) is 0 Å². The molecule has 0 radical (unpaired) electrons. The molecule has 3 aliphatic rings. The van der Waals surface area contributed by atoms with Crippen LogP contribution in [0.25, 0.3) is 11.1 Å². The summed E-state index contributed by atoms with van der Waals surface area (Å²) in [4.78, 5) is 27.7. The quantitative estimate of drug-likeness (QED) is 0.855. The predicted octanol–water partition coefficient (Wildman–Crippen LogP) is 2.57. The molecule has 2 aromatic rings. The van der Waals surface area contributed by atoms with Gasteiger partial charge in [-0.3, -0.25) is 14.9 Å². The monoisotopic (exact) mass is 360 g/mol. The van der Waals surface area contributed by atoms with Gasteiger partial charge in [0.2, 0.25) is 0 Å². The fourth-order valence-corrected chi connectivity index (χ4v) is 4.53. The number of nitrogens with zero attached hydrogens (tertiary/aromatic N) is 1. The van der Waals surface area contributed by atoms with Crippen molar-refractivity contribution in [3.8, 4) is 5.75 Å². The van der Waals surface area contributed by atoms with Crippen LogP contribution in [-0.4, -0.2) is 32.0 Å². The molecule has 5 rings (SSSR count). The van der Waals surface area contributed by atoms with Crippen LogP contribution in [0.1, 0.15) is 28.7 Å². The molecule has 0 saturated heterocycles. The maximum absolute atomic E-state index is 12.7. The summed E-state index contributed by atoms with van der Waals surface area (Å²) in [5.41, 5.74) is 6.35. The molecule has 0 aliphatic carbocycles. The Morgan fingerprint density at radius 1 is 0.926 bits per heavy atom. The lowest BCUT2D eigenvalue weighted by atomic mass is 9.91. The van der Waals surface area contributed by atoms with E-state index in [4.69, 9.17) is 4.74 Å². The lowest BCUT2D eigenvalue weighted by molar-refractivity contribution is -0.122. The number of rotatable bonds is 3. The second-order valence-electron chi connectivity index (χ2n) is 7.25. The lowest BCUT2D eigenvalue weighted by Crippen LogP contribution is -2.26. The third-order valence-electron chi connectivity index (χ3n) is 5.69. The highest BCUT2D eigenvalue weighted by atomic mass is 16.5. The van der Waals surface area contributed by atoms with Crippen molar-refractivity contribution in [2.75, 3.05) is 25.1 Å². The van der Waals surface area contributed by atoms with E-state index in [1.807, 2.05) is 18.2 Å². The maximum atomic E-state index is 12.7. The van der Waals surface area contributed by atoms with E-state index in [0.29, 0.717) is 22.5 Å². The van der Waals surface area contributed by atoms with E-state index in [0.717, 1.165) is 37.9 Å². The van der Waals surface area contributed by atoms with Crippen LogP contribution >= 0.6 is 0 Å². The number of methoxy groups -OCH3 is 1. The van der Waals surface area contributed by atoms with E-state index >= 15 is 0 Å². The van der Waals surface area contributed by atoms with E-state index in [9.17, 15) is 9.59 Å². The highest BCUT2D eigenvalue weighted by Gasteiger charge is 2.34. The Hall–Kier alpha value is -3.08. The first-order valence-corrected chi connectivity index (χ1v) is 9.31. The SMILES string of the molecule is COc1cccc(C2=C(c3cc4c5c(c3)CCN5CCC4)C(=O)NC2=O)c1. The second-order valence-corrected chi connectivity index (χ2v) is 7.25. The Morgan fingerprint density at radius 3 is 2.44 bits per heavy atom. The molecule has 5 heteroatoms. The minimum Gasteiger partial charge on any atom is -0.497 e. The average Bonchev–Trinajstić information content (AvgIpc) is 3.23. The second kappa shape index (κ2) is 5.98. The highest BCUT2D eigenvalue weighted by Crippen LogP contribution is 2.40. The Morgan fingerprint density at radius 2 is 1.67 bits per heavy atom. The first-order valence-electron chi connectivity index (χ1n) is 9.31. The fourth-order valence-electron chi connectivity index (χ4n) is 4.53. The number of anilines is 1. The van der Waals surface area contributed by atoms with E-state index in [-0.39, 0.29) is 11.8 Å². The van der Waals surface area contributed by atoms with Gasteiger partial charge in [-0.1, -0.05) is 12.1 Å². The van der Waals surface area contributed by atoms with Gasteiger partial charge in [0.05, 0.1) is 18.3 Å². The molecule has 0 unspecified atom stereocenters. The van der Waals surface area contributed by atoms with Gasteiger partial charge in [0.15, 0.2) is 0 Å². The molecule has 0 aromatic heterocycles. The first-order chi connectivity index (χ1) is 13.2. The molecular weight excluding hydrogens is 340 g/mol.